The summed E-state index contributed by atoms with van der Waals surface area (Å²) >= 11 is 0. The normalized spacial score (nSPS) is 12.0. The second kappa shape index (κ2) is 3.48. The number of fused-ring (bicyclic) bond motifs is 1. The minimum atomic E-state index is 0.0877. The number of rotatable bonds is 0. The average Bonchev–Trinajstić information content (AvgIpc) is 2.22. The van der Waals surface area contributed by atoms with E-state index in [2.05, 4.69) is 31.8 Å². The smallest absolute Gasteiger partial charge is 0.129 e. The number of hydrogen-bond donors (Lipinski definition) is 1. The summed E-state index contributed by atoms with van der Waals surface area (Å²) in [5.74, 6) is 0.344. The summed E-state index contributed by atoms with van der Waals surface area (Å²) < 4.78 is 0. The van der Waals surface area contributed by atoms with Crippen molar-refractivity contribution in [3.8, 4) is 5.75 Å². The number of pyridine rings is 1. The Morgan fingerprint density at radius 3 is 2.50 bits per heavy atom. The molecule has 0 radical (unpaired) electrons. The third-order valence-corrected chi connectivity index (χ3v) is 2.89. The van der Waals surface area contributed by atoms with Gasteiger partial charge in [0.25, 0.3) is 0 Å². The van der Waals surface area contributed by atoms with Gasteiger partial charge in [-0.1, -0.05) is 26.8 Å². The minimum absolute atomic E-state index is 0.0877. The first-order valence-electron chi connectivity index (χ1n) is 5.48. The number of aromatic nitrogens is 1. The lowest BCUT2D eigenvalue weighted by molar-refractivity contribution is 0.477. The van der Waals surface area contributed by atoms with Gasteiger partial charge in [0.2, 0.25) is 0 Å². The molecule has 2 aromatic rings. The van der Waals surface area contributed by atoms with Gasteiger partial charge in [0.1, 0.15) is 5.75 Å². The van der Waals surface area contributed by atoms with E-state index in [0.717, 1.165) is 16.5 Å². The van der Waals surface area contributed by atoms with Crippen LogP contribution in [0.2, 0.25) is 0 Å². The average molecular weight is 215 g/mol. The first-order chi connectivity index (χ1) is 7.39. The van der Waals surface area contributed by atoms with Crippen molar-refractivity contribution in [2.24, 2.45) is 0 Å². The molecular formula is C14H17NO. The van der Waals surface area contributed by atoms with Crippen LogP contribution in [0.1, 0.15) is 31.9 Å². The number of hydrogen-bond acceptors (Lipinski definition) is 2. The van der Waals surface area contributed by atoms with E-state index < -0.39 is 0 Å². The van der Waals surface area contributed by atoms with Gasteiger partial charge in [0.05, 0.1) is 5.52 Å². The lowest BCUT2D eigenvalue weighted by Gasteiger charge is -2.19. The van der Waals surface area contributed by atoms with Crippen LogP contribution in [0.5, 0.6) is 5.75 Å². The van der Waals surface area contributed by atoms with Gasteiger partial charge in [-0.15, -0.1) is 0 Å². The molecule has 1 heterocycles. The highest BCUT2D eigenvalue weighted by Gasteiger charge is 2.15. The van der Waals surface area contributed by atoms with Gasteiger partial charge >= 0.3 is 0 Å². The Morgan fingerprint density at radius 2 is 1.88 bits per heavy atom. The molecule has 0 unspecified atom stereocenters. The molecule has 0 aliphatic rings. The van der Waals surface area contributed by atoms with Crippen molar-refractivity contribution < 1.29 is 5.11 Å². The van der Waals surface area contributed by atoms with Crippen molar-refractivity contribution >= 4 is 10.9 Å². The Kier molecular flexibility index (Phi) is 2.38. The molecule has 0 spiro atoms. The topological polar surface area (TPSA) is 33.1 Å². The molecule has 16 heavy (non-hydrogen) atoms. The van der Waals surface area contributed by atoms with Crippen LogP contribution in [-0.2, 0) is 5.41 Å². The number of aryl methyl sites for hydroxylation is 1. The van der Waals surface area contributed by atoms with Crippen molar-refractivity contribution in [3.63, 3.8) is 0 Å². The summed E-state index contributed by atoms with van der Waals surface area (Å²) in [6.45, 7) is 8.35. The third kappa shape index (κ3) is 1.75. The molecule has 2 rings (SSSR count). The summed E-state index contributed by atoms with van der Waals surface area (Å²) in [6, 6.07) is 6.07. The SMILES string of the molecule is Cc1cnc2ccc(C(C)(C)C)cc2c1O. The molecule has 0 aliphatic heterocycles. The molecule has 0 saturated carbocycles. The van der Waals surface area contributed by atoms with E-state index in [9.17, 15) is 5.11 Å². The largest absolute Gasteiger partial charge is 0.507 e. The standard InChI is InChI=1S/C14H17NO/c1-9-8-15-12-6-5-10(14(2,3)4)7-11(12)13(9)16/h5-8H,1-4H3,(H,15,16). The van der Waals surface area contributed by atoms with Crippen LogP contribution in [0.4, 0.5) is 0 Å². The van der Waals surface area contributed by atoms with E-state index in [4.69, 9.17) is 0 Å². The molecule has 0 bridgehead atoms. The fraction of sp³-hybridized carbons (Fsp3) is 0.357. The Balaban J connectivity index is 2.74. The van der Waals surface area contributed by atoms with Crippen LogP contribution >= 0.6 is 0 Å². The summed E-state index contributed by atoms with van der Waals surface area (Å²) in [7, 11) is 0. The minimum Gasteiger partial charge on any atom is -0.507 e. The summed E-state index contributed by atoms with van der Waals surface area (Å²) in [5, 5.41) is 10.8. The summed E-state index contributed by atoms with van der Waals surface area (Å²) in [6.07, 6.45) is 1.70. The molecule has 1 aromatic carbocycles. The molecule has 0 saturated heterocycles. The maximum atomic E-state index is 10.0. The van der Waals surface area contributed by atoms with Gasteiger partial charge in [0.15, 0.2) is 0 Å². The second-order valence-electron chi connectivity index (χ2n) is 5.27. The molecule has 1 N–H and O–H groups in total. The van der Waals surface area contributed by atoms with E-state index in [0.29, 0.717) is 5.75 Å². The van der Waals surface area contributed by atoms with Crippen LogP contribution in [0.15, 0.2) is 24.4 Å². The predicted molar refractivity (Wildman–Crippen MR) is 66.8 cm³/mol. The van der Waals surface area contributed by atoms with Crippen molar-refractivity contribution in [3.05, 3.63) is 35.5 Å². The fourth-order valence-electron chi connectivity index (χ4n) is 1.74. The summed E-state index contributed by atoms with van der Waals surface area (Å²) in [5.41, 5.74) is 2.96. The third-order valence-electron chi connectivity index (χ3n) is 2.89. The maximum absolute atomic E-state index is 10.0. The predicted octanol–water partition coefficient (Wildman–Crippen LogP) is 3.55. The zero-order valence-corrected chi connectivity index (χ0v) is 10.2. The molecule has 1 aromatic heterocycles. The van der Waals surface area contributed by atoms with E-state index in [-0.39, 0.29) is 5.41 Å². The second-order valence-corrected chi connectivity index (χ2v) is 5.27. The van der Waals surface area contributed by atoms with E-state index in [1.165, 1.54) is 5.56 Å². The quantitative estimate of drug-likeness (QED) is 0.729. The highest BCUT2D eigenvalue weighted by Crippen LogP contribution is 2.31. The Hall–Kier alpha value is -1.57. The molecule has 0 amide bonds. The van der Waals surface area contributed by atoms with E-state index in [1.54, 1.807) is 6.20 Å². The zero-order valence-electron chi connectivity index (χ0n) is 10.2. The van der Waals surface area contributed by atoms with Gasteiger partial charge in [-0.2, -0.15) is 0 Å². The number of aromatic hydroxyl groups is 1. The van der Waals surface area contributed by atoms with Crippen LogP contribution in [0.3, 0.4) is 0 Å². The molecule has 2 nitrogen and oxygen atoms in total. The van der Waals surface area contributed by atoms with Gasteiger partial charge in [-0.05, 0) is 30.0 Å². The van der Waals surface area contributed by atoms with Gasteiger partial charge in [-0.25, -0.2) is 0 Å². The first kappa shape index (κ1) is 10.9. The molecule has 2 heteroatoms. The van der Waals surface area contributed by atoms with Crippen LogP contribution < -0.4 is 0 Å². The van der Waals surface area contributed by atoms with Crippen LogP contribution in [0, 0.1) is 6.92 Å². The van der Waals surface area contributed by atoms with Crippen molar-refractivity contribution in [1.82, 2.24) is 4.98 Å². The maximum Gasteiger partial charge on any atom is 0.129 e. The van der Waals surface area contributed by atoms with E-state index in [1.807, 2.05) is 19.1 Å². The van der Waals surface area contributed by atoms with Crippen LogP contribution in [0.25, 0.3) is 10.9 Å². The first-order valence-corrected chi connectivity index (χ1v) is 5.48. The highest BCUT2D eigenvalue weighted by molar-refractivity contribution is 5.86. The fourth-order valence-corrected chi connectivity index (χ4v) is 1.74. The molecule has 0 aliphatic carbocycles. The Morgan fingerprint density at radius 1 is 1.19 bits per heavy atom. The van der Waals surface area contributed by atoms with E-state index >= 15 is 0 Å². The van der Waals surface area contributed by atoms with Crippen molar-refractivity contribution in [2.45, 2.75) is 33.1 Å². The summed E-state index contributed by atoms with van der Waals surface area (Å²) in [4.78, 5) is 4.30. The molecule has 0 fully saturated rings. The molecule has 0 atom stereocenters. The van der Waals surface area contributed by atoms with Crippen LogP contribution in [-0.4, -0.2) is 10.1 Å². The van der Waals surface area contributed by atoms with Crippen molar-refractivity contribution in [2.75, 3.05) is 0 Å². The molecular weight excluding hydrogens is 198 g/mol. The monoisotopic (exact) mass is 215 g/mol. The lowest BCUT2D eigenvalue weighted by Crippen LogP contribution is -2.10. The molecule has 84 valence electrons. The number of nitrogens with zero attached hydrogens (tertiary/aromatic N) is 1. The van der Waals surface area contributed by atoms with Gasteiger partial charge in [0, 0.05) is 17.1 Å². The lowest BCUT2D eigenvalue weighted by atomic mass is 9.86. The Labute approximate surface area is 96.0 Å². The Bertz CT molecular complexity index is 538. The van der Waals surface area contributed by atoms with Gasteiger partial charge in [-0.3, -0.25) is 4.98 Å². The number of benzene rings is 1. The zero-order chi connectivity index (χ0) is 11.9. The highest BCUT2D eigenvalue weighted by atomic mass is 16.3. The van der Waals surface area contributed by atoms with Crippen molar-refractivity contribution in [1.29, 1.82) is 0 Å². The van der Waals surface area contributed by atoms with Gasteiger partial charge < -0.3 is 5.11 Å².